The summed E-state index contributed by atoms with van der Waals surface area (Å²) in [7, 11) is -3.82. The van der Waals surface area contributed by atoms with Gasteiger partial charge >= 0.3 is 0 Å². The number of hydrogen-bond donors (Lipinski definition) is 12. The van der Waals surface area contributed by atoms with E-state index in [2.05, 4.69) is 87.3 Å². The molecule has 1 aliphatic rings. The smallest absolute Gasteiger partial charge is 0.265 e. The van der Waals surface area contributed by atoms with Gasteiger partial charge in [-0.15, -0.1) is 11.3 Å². The van der Waals surface area contributed by atoms with Crippen LogP contribution in [-0.4, -0.2) is 123 Å². The summed E-state index contributed by atoms with van der Waals surface area (Å²) in [5, 5.41) is 31.0. The molecule has 1 saturated heterocycles. The number of benzene rings is 10. The molecule has 16 N–H and O–H groups in total. The van der Waals surface area contributed by atoms with Gasteiger partial charge in [-0.2, -0.15) is 0 Å². The summed E-state index contributed by atoms with van der Waals surface area (Å²) in [6.07, 6.45) is 6.67. The first-order valence-corrected chi connectivity index (χ1v) is 40.7. The Morgan fingerprint density at radius 3 is 1.15 bits per heavy atom. The first-order valence-electron chi connectivity index (χ1n) is 38.3. The van der Waals surface area contributed by atoms with Gasteiger partial charge in [0.15, 0.2) is 13.2 Å². The van der Waals surface area contributed by atoms with Crippen molar-refractivity contribution in [2.75, 3.05) is 106 Å². The fourth-order valence-electron chi connectivity index (χ4n) is 11.9. The number of nitrogens with zero attached hydrogens (tertiary/aromatic N) is 9. The predicted octanol–water partition coefficient (Wildman–Crippen LogP) is 15.6. The number of morpholine rings is 1. The number of carbonyl (C=O) groups excluding carboxylic acids is 4. The Morgan fingerprint density at radius 1 is 0.374 bits per heavy atom. The fraction of sp³-hybridized carbons (Fsp3) is 0.0769. The normalized spacial score (nSPS) is 11.5. The molecule has 32 heteroatoms. The third-order valence-electron chi connectivity index (χ3n) is 17.7. The number of nitrogens with two attached hydrogens (primary N) is 4. The number of nitrogens with one attached hydrogen (secondary N) is 8. The molecule has 0 atom stereocenters. The zero-order valence-corrected chi connectivity index (χ0v) is 67.5. The lowest BCUT2D eigenvalue weighted by molar-refractivity contribution is -0.119. The van der Waals surface area contributed by atoms with Crippen LogP contribution in [0.25, 0.3) is 45.0 Å². The molecule has 16 rings (SSSR count). The molecule has 618 valence electrons. The summed E-state index contributed by atoms with van der Waals surface area (Å²) < 4.78 is 39.3. The van der Waals surface area contributed by atoms with E-state index in [1.807, 2.05) is 224 Å². The molecule has 0 unspecified atom stereocenters. The quantitative estimate of drug-likeness (QED) is 0.0224. The average Bonchev–Trinajstić information content (AvgIpc) is 1.28. The Hall–Kier alpha value is -15.9. The number of amides is 4. The number of ether oxygens (including phenoxy) is 3. The molecule has 6 heterocycles. The Labute approximate surface area is 712 Å². The number of nitrogen functional groups attached to an aromatic ring is 3. The lowest BCUT2D eigenvalue weighted by Crippen LogP contribution is -2.41. The second kappa shape index (κ2) is 42.5. The molecule has 0 bridgehead atoms. The van der Waals surface area contributed by atoms with E-state index in [0.29, 0.717) is 99.7 Å². The van der Waals surface area contributed by atoms with Gasteiger partial charge in [0.05, 0.1) is 52.3 Å². The van der Waals surface area contributed by atoms with E-state index < -0.39 is 10.0 Å². The highest BCUT2D eigenvalue weighted by Gasteiger charge is 2.17. The lowest BCUT2D eigenvalue weighted by atomic mass is 10.1. The van der Waals surface area contributed by atoms with Crippen LogP contribution < -0.4 is 74.3 Å². The molecule has 0 radical (unpaired) electrons. The fourth-order valence-corrected chi connectivity index (χ4v) is 13.0. The second-order valence-electron chi connectivity index (χ2n) is 27.0. The van der Waals surface area contributed by atoms with Crippen molar-refractivity contribution >= 4 is 131 Å². The van der Waals surface area contributed by atoms with Crippen LogP contribution in [-0.2, 0) is 29.1 Å². The van der Waals surface area contributed by atoms with E-state index in [1.165, 1.54) is 23.5 Å². The summed E-state index contributed by atoms with van der Waals surface area (Å²) >= 11 is 1.41. The summed E-state index contributed by atoms with van der Waals surface area (Å²) in [6, 6.07) is 87.2. The van der Waals surface area contributed by atoms with Gasteiger partial charge in [-0.05, 0) is 181 Å². The van der Waals surface area contributed by atoms with Crippen molar-refractivity contribution in [2.45, 2.75) is 4.90 Å². The number of thiophene rings is 1. The van der Waals surface area contributed by atoms with E-state index in [1.54, 1.807) is 85.5 Å². The van der Waals surface area contributed by atoms with Crippen molar-refractivity contribution in [3.05, 3.63) is 326 Å². The molecule has 123 heavy (non-hydrogen) atoms. The van der Waals surface area contributed by atoms with Crippen LogP contribution in [0.5, 0.6) is 11.5 Å². The Kier molecular flexibility index (Phi) is 29.4. The highest BCUT2D eigenvalue weighted by atomic mass is 32.2. The van der Waals surface area contributed by atoms with Gasteiger partial charge in [-0.3, -0.25) is 24.1 Å². The molecular weight excluding hydrogens is 1600 g/mol. The Morgan fingerprint density at radius 2 is 0.748 bits per heavy atom. The summed E-state index contributed by atoms with van der Waals surface area (Å²) in [5.41, 5.74) is 31.6. The molecule has 0 saturated carbocycles. The number of carbonyl (C=O) groups is 4. The van der Waals surface area contributed by atoms with Crippen molar-refractivity contribution < 1.29 is 41.8 Å². The number of aromatic nitrogens is 8. The standard InChI is InChI=1S/C24H21N5O4S.C24H21N5O2.C22H24N6O2.C21H17N5OS/c25-34(31,32)21-8-4-5-19(15-21)28-24-26-14-13-22(29-24)17-9-11-18(12-10-17)27-23(30)16-33-20-6-2-1-3-7-20;25-18-5-4-6-20(15-18)28-24-26-14-13-22(29-24)17-9-11-19(12-10-17)27-23(30)16-31-21-7-2-1-3-8-21;23-17-4-2-6-19(14-17)26-22-24-8-7-20(27-22)16-3-1-5-18(13-16)25-21(29)15-28-9-11-30-12-10-28;22-15-3-1-4-17(13-15)25-21-23-11-10-18(26-21)14-6-8-16(9-7-14)24-20(27)19-5-2-12-28-19/h1-15H,16H2,(H,27,30)(H2,25,31,32)(H,26,28,29);1-15H,16,25H2,(H,27,30)(H,26,28,29);1-8,13-14H,9-12,15,23H2,(H,25,29)(H,24,26,27);1-13H,22H2,(H,24,27)(H,23,25,26). The molecule has 4 amide bonds. The summed E-state index contributed by atoms with van der Waals surface area (Å²) in [4.78, 5) is 86.6. The van der Waals surface area contributed by atoms with Crippen molar-refractivity contribution in [1.82, 2.24) is 44.8 Å². The van der Waals surface area contributed by atoms with E-state index in [-0.39, 0.29) is 41.7 Å². The minimum absolute atomic E-state index is 0.0135. The maximum atomic E-state index is 12.4. The molecule has 0 spiro atoms. The number of sulfonamides is 1. The van der Waals surface area contributed by atoms with Crippen molar-refractivity contribution in [3.63, 3.8) is 0 Å². The maximum absolute atomic E-state index is 12.4. The summed E-state index contributed by atoms with van der Waals surface area (Å²) in [5.74, 6) is 2.34. The molecule has 1 fully saturated rings. The number of anilines is 15. The van der Waals surface area contributed by atoms with Crippen LogP contribution in [0.15, 0.2) is 326 Å². The summed E-state index contributed by atoms with van der Waals surface area (Å²) in [6.45, 7) is 3.09. The minimum Gasteiger partial charge on any atom is -0.484 e. The van der Waals surface area contributed by atoms with Crippen molar-refractivity contribution in [1.29, 1.82) is 0 Å². The van der Waals surface area contributed by atoms with Crippen molar-refractivity contribution in [2.24, 2.45) is 5.14 Å². The molecule has 10 aromatic carbocycles. The zero-order chi connectivity index (χ0) is 85.5. The highest BCUT2D eigenvalue weighted by molar-refractivity contribution is 7.89. The molecular formula is C91H83N21O9S2. The highest BCUT2D eigenvalue weighted by Crippen LogP contribution is 2.29. The third-order valence-corrected chi connectivity index (χ3v) is 19.5. The van der Waals surface area contributed by atoms with Crippen LogP contribution in [0.2, 0.25) is 0 Å². The molecule has 5 aromatic heterocycles. The van der Waals surface area contributed by atoms with Crippen LogP contribution in [0.3, 0.4) is 0 Å². The Balaban J connectivity index is 0.000000141. The van der Waals surface area contributed by atoms with E-state index in [9.17, 15) is 27.6 Å². The van der Waals surface area contributed by atoms with Gasteiger partial charge in [0.1, 0.15) is 11.5 Å². The monoisotopic (exact) mass is 1680 g/mol. The maximum Gasteiger partial charge on any atom is 0.265 e. The van der Waals surface area contributed by atoms with E-state index >= 15 is 0 Å². The molecule has 15 aromatic rings. The van der Waals surface area contributed by atoms with E-state index in [0.717, 1.165) is 80.9 Å². The zero-order valence-electron chi connectivity index (χ0n) is 65.9. The number of hydrogen-bond acceptors (Lipinski definition) is 26. The van der Waals surface area contributed by atoms with Gasteiger partial charge in [0, 0.05) is 123 Å². The molecule has 0 aliphatic carbocycles. The van der Waals surface area contributed by atoms with Crippen LogP contribution >= 0.6 is 11.3 Å². The third kappa shape index (κ3) is 26.8. The van der Waals surface area contributed by atoms with Gasteiger partial charge < -0.3 is 73.9 Å². The Bertz CT molecular complexity index is 6170. The number of rotatable bonds is 26. The predicted molar refractivity (Wildman–Crippen MR) is 483 cm³/mol. The van der Waals surface area contributed by atoms with Gasteiger partial charge in [0.25, 0.3) is 17.7 Å². The largest absolute Gasteiger partial charge is 0.484 e. The van der Waals surface area contributed by atoms with Gasteiger partial charge in [-0.1, -0.05) is 115 Å². The van der Waals surface area contributed by atoms with Crippen LogP contribution in [0.1, 0.15) is 9.67 Å². The van der Waals surface area contributed by atoms with Gasteiger partial charge in [0.2, 0.25) is 39.7 Å². The van der Waals surface area contributed by atoms with Gasteiger partial charge in [-0.25, -0.2) is 53.4 Å². The molecule has 30 nitrogen and oxygen atoms in total. The average molecular weight is 1680 g/mol. The first-order chi connectivity index (χ1) is 59.8. The van der Waals surface area contributed by atoms with E-state index in [4.69, 9.17) is 36.6 Å². The SMILES string of the molecule is NS(=O)(=O)c1cccc(Nc2nccc(-c3ccc(NC(=O)COc4ccccc4)cc3)n2)c1.Nc1cccc(Nc2nccc(-c3ccc(NC(=O)COc4ccccc4)cc3)n2)c1.Nc1cccc(Nc2nccc(-c3ccc(NC(=O)c4cccs4)cc3)n2)c1.Nc1cccc(Nc2nccc(-c3cccc(NC(=O)CN4CCOCC4)c3)n2)c1. The number of para-hydroxylation sites is 2. The second-order valence-corrected chi connectivity index (χ2v) is 29.5. The minimum atomic E-state index is -3.82. The topological polar surface area (TPSA) is 437 Å². The van der Waals surface area contributed by atoms with Crippen molar-refractivity contribution in [3.8, 4) is 56.5 Å². The first kappa shape index (κ1) is 85.0. The lowest BCUT2D eigenvalue weighted by Gasteiger charge is -2.25. The van der Waals surface area contributed by atoms with Crippen LogP contribution in [0.4, 0.5) is 86.4 Å². The van der Waals surface area contributed by atoms with Crippen LogP contribution in [0, 0.1) is 0 Å². The molecule has 1 aliphatic heterocycles. The number of primary sulfonamides is 1.